The molecule has 1 aromatic heterocycles. The summed E-state index contributed by atoms with van der Waals surface area (Å²) in [6.45, 7) is 3.80. The molecule has 0 aliphatic carbocycles. The molecule has 8 nitrogen and oxygen atoms in total. The third-order valence-electron chi connectivity index (χ3n) is 3.85. The molecule has 3 aromatic rings. The number of halogens is 1. The summed E-state index contributed by atoms with van der Waals surface area (Å²) in [5, 5.41) is 22.0. The van der Waals surface area contributed by atoms with Gasteiger partial charge in [0.2, 0.25) is 11.7 Å². The molecule has 10 heteroatoms. The van der Waals surface area contributed by atoms with Gasteiger partial charge in [0, 0.05) is 17.4 Å². The minimum absolute atomic E-state index is 0.00910. The molecular formula is C18H16FN5O3S. The zero-order chi connectivity index (χ0) is 20.3. The van der Waals surface area contributed by atoms with Crippen LogP contribution in [0.1, 0.15) is 11.4 Å². The molecule has 1 heterocycles. The van der Waals surface area contributed by atoms with Gasteiger partial charge in [0.15, 0.2) is 5.16 Å². The highest BCUT2D eigenvalue weighted by atomic mass is 32.2. The van der Waals surface area contributed by atoms with Crippen LogP contribution in [0.3, 0.4) is 0 Å². The van der Waals surface area contributed by atoms with Crippen molar-refractivity contribution in [1.82, 2.24) is 14.8 Å². The Kier molecular flexibility index (Phi) is 5.69. The van der Waals surface area contributed by atoms with Crippen LogP contribution in [0.25, 0.3) is 5.69 Å². The predicted molar refractivity (Wildman–Crippen MR) is 103 cm³/mol. The van der Waals surface area contributed by atoms with Crippen molar-refractivity contribution in [3.05, 3.63) is 69.8 Å². The quantitative estimate of drug-likeness (QED) is 0.384. The number of anilines is 1. The molecule has 28 heavy (non-hydrogen) atoms. The van der Waals surface area contributed by atoms with Gasteiger partial charge in [-0.1, -0.05) is 29.5 Å². The monoisotopic (exact) mass is 401 g/mol. The molecule has 0 saturated heterocycles. The zero-order valence-electron chi connectivity index (χ0n) is 15.0. The van der Waals surface area contributed by atoms with Crippen LogP contribution in [0.4, 0.5) is 15.8 Å². The van der Waals surface area contributed by atoms with Gasteiger partial charge < -0.3 is 5.32 Å². The highest BCUT2D eigenvalue weighted by Gasteiger charge is 2.17. The smallest absolute Gasteiger partial charge is 0.306 e. The lowest BCUT2D eigenvalue weighted by atomic mass is 10.2. The second-order valence-corrected chi connectivity index (χ2v) is 6.90. The highest BCUT2D eigenvalue weighted by molar-refractivity contribution is 7.99. The summed E-state index contributed by atoms with van der Waals surface area (Å²) in [5.41, 5.74) is 1.46. The van der Waals surface area contributed by atoms with E-state index in [1.54, 1.807) is 0 Å². The molecule has 0 saturated carbocycles. The third-order valence-corrected chi connectivity index (χ3v) is 4.78. The molecule has 0 radical (unpaired) electrons. The molecule has 1 amide bonds. The van der Waals surface area contributed by atoms with Crippen LogP contribution in [0.15, 0.2) is 47.6 Å². The van der Waals surface area contributed by atoms with Crippen LogP contribution in [0, 0.1) is 29.8 Å². The Bertz CT molecular complexity index is 1040. The Morgan fingerprint density at radius 3 is 2.61 bits per heavy atom. The molecule has 144 valence electrons. The Morgan fingerprint density at radius 1 is 1.21 bits per heavy atom. The number of hydrogen-bond acceptors (Lipinski definition) is 6. The lowest BCUT2D eigenvalue weighted by molar-refractivity contribution is -0.387. The summed E-state index contributed by atoms with van der Waals surface area (Å²) in [7, 11) is 0. The molecule has 0 spiro atoms. The number of rotatable bonds is 6. The second-order valence-electron chi connectivity index (χ2n) is 5.96. The average Bonchev–Trinajstić information content (AvgIpc) is 3.02. The van der Waals surface area contributed by atoms with Gasteiger partial charge in [0.1, 0.15) is 5.82 Å². The minimum Gasteiger partial charge on any atom is -0.325 e. The van der Waals surface area contributed by atoms with Crippen LogP contribution in [0.5, 0.6) is 0 Å². The van der Waals surface area contributed by atoms with Crippen molar-refractivity contribution in [1.29, 1.82) is 0 Å². The summed E-state index contributed by atoms with van der Waals surface area (Å²) in [4.78, 5) is 22.2. The highest BCUT2D eigenvalue weighted by Crippen LogP contribution is 2.24. The van der Waals surface area contributed by atoms with Crippen LogP contribution in [0.2, 0.25) is 0 Å². The fraction of sp³-hybridized carbons (Fsp3) is 0.167. The van der Waals surface area contributed by atoms with Gasteiger partial charge in [-0.25, -0.2) is 0 Å². The van der Waals surface area contributed by atoms with Gasteiger partial charge in [0.25, 0.3) is 0 Å². The van der Waals surface area contributed by atoms with Crippen molar-refractivity contribution in [2.45, 2.75) is 19.0 Å². The van der Waals surface area contributed by atoms with E-state index in [0.29, 0.717) is 11.0 Å². The molecule has 0 atom stereocenters. The van der Waals surface area contributed by atoms with Crippen molar-refractivity contribution >= 4 is 29.0 Å². The topological polar surface area (TPSA) is 103 Å². The van der Waals surface area contributed by atoms with E-state index < -0.39 is 22.3 Å². The van der Waals surface area contributed by atoms with E-state index in [4.69, 9.17) is 0 Å². The number of hydrogen-bond donors (Lipinski definition) is 1. The lowest BCUT2D eigenvalue weighted by Crippen LogP contribution is -2.15. The van der Waals surface area contributed by atoms with Crippen LogP contribution in [-0.2, 0) is 4.79 Å². The fourth-order valence-electron chi connectivity index (χ4n) is 2.49. The van der Waals surface area contributed by atoms with E-state index in [1.807, 2.05) is 42.7 Å². The first-order chi connectivity index (χ1) is 13.3. The number of aryl methyl sites for hydroxylation is 2. The normalized spacial score (nSPS) is 10.7. The van der Waals surface area contributed by atoms with E-state index in [-0.39, 0.29) is 11.4 Å². The van der Waals surface area contributed by atoms with Crippen molar-refractivity contribution < 1.29 is 14.1 Å². The first kappa shape index (κ1) is 19.5. The van der Waals surface area contributed by atoms with Gasteiger partial charge in [0.05, 0.1) is 10.7 Å². The summed E-state index contributed by atoms with van der Waals surface area (Å²) >= 11 is 1.18. The van der Waals surface area contributed by atoms with Gasteiger partial charge in [-0.3, -0.25) is 19.5 Å². The molecular weight excluding hydrogens is 385 g/mol. The Balaban J connectivity index is 1.70. The molecule has 3 rings (SSSR count). The number of carbonyl (C=O) groups is 1. The van der Waals surface area contributed by atoms with E-state index in [9.17, 15) is 19.3 Å². The van der Waals surface area contributed by atoms with E-state index in [2.05, 4.69) is 15.5 Å². The Labute approximate surface area is 163 Å². The number of thioether (sulfide) groups is 1. The number of nitro groups is 1. The maximum absolute atomic E-state index is 13.4. The van der Waals surface area contributed by atoms with Gasteiger partial charge in [-0.2, -0.15) is 4.39 Å². The molecule has 0 aliphatic rings. The van der Waals surface area contributed by atoms with Gasteiger partial charge in [-0.05, 0) is 38.1 Å². The second kappa shape index (κ2) is 8.17. The summed E-state index contributed by atoms with van der Waals surface area (Å²) in [6.07, 6.45) is 0. The lowest BCUT2D eigenvalue weighted by Gasteiger charge is -2.09. The zero-order valence-corrected chi connectivity index (χ0v) is 15.9. The first-order valence-corrected chi connectivity index (χ1v) is 9.19. The molecule has 0 fully saturated rings. The van der Waals surface area contributed by atoms with Crippen LogP contribution < -0.4 is 5.32 Å². The maximum atomic E-state index is 13.4. The fourth-order valence-corrected chi connectivity index (χ4v) is 3.28. The van der Waals surface area contributed by atoms with Crippen molar-refractivity contribution in [2.75, 3.05) is 11.1 Å². The SMILES string of the molecule is Cc1ccc(-n2c(C)nnc2SCC(=O)Nc2ccc(F)c([N+](=O)[O-])c2)cc1. The number of aromatic nitrogens is 3. The first-order valence-electron chi connectivity index (χ1n) is 8.21. The van der Waals surface area contributed by atoms with Crippen LogP contribution in [-0.4, -0.2) is 31.3 Å². The molecule has 0 unspecified atom stereocenters. The third kappa shape index (κ3) is 4.34. The minimum atomic E-state index is -0.959. The molecule has 2 aromatic carbocycles. The van der Waals surface area contributed by atoms with E-state index in [1.165, 1.54) is 17.8 Å². The van der Waals surface area contributed by atoms with Crippen molar-refractivity contribution in [3.8, 4) is 5.69 Å². The standard InChI is InChI=1S/C18H16FN5O3S/c1-11-3-6-14(7-4-11)23-12(2)21-22-18(23)28-10-17(25)20-13-5-8-15(19)16(9-13)24(26)27/h3-9H,10H2,1-2H3,(H,20,25). The molecule has 1 N–H and O–H groups in total. The molecule has 0 aliphatic heterocycles. The Morgan fingerprint density at radius 2 is 1.93 bits per heavy atom. The van der Waals surface area contributed by atoms with Crippen molar-refractivity contribution in [2.24, 2.45) is 0 Å². The molecule has 0 bridgehead atoms. The Hall–Kier alpha value is -3.27. The number of benzene rings is 2. The number of nitrogens with one attached hydrogen (secondary N) is 1. The van der Waals surface area contributed by atoms with Crippen molar-refractivity contribution in [3.63, 3.8) is 0 Å². The van der Waals surface area contributed by atoms with Gasteiger partial charge >= 0.3 is 5.69 Å². The average molecular weight is 401 g/mol. The van der Waals surface area contributed by atoms with E-state index in [0.717, 1.165) is 23.4 Å². The maximum Gasteiger partial charge on any atom is 0.306 e. The number of nitrogens with zero attached hydrogens (tertiary/aromatic N) is 4. The summed E-state index contributed by atoms with van der Waals surface area (Å²) < 4.78 is 15.2. The summed E-state index contributed by atoms with van der Waals surface area (Å²) in [5.74, 6) is -0.670. The van der Waals surface area contributed by atoms with E-state index >= 15 is 0 Å². The van der Waals surface area contributed by atoms with Gasteiger partial charge in [-0.15, -0.1) is 10.2 Å². The predicted octanol–water partition coefficient (Wildman–Crippen LogP) is 3.66. The number of nitro benzene ring substituents is 1. The van der Waals surface area contributed by atoms with Crippen LogP contribution >= 0.6 is 11.8 Å². The summed E-state index contributed by atoms with van der Waals surface area (Å²) in [6, 6.07) is 11.0. The number of carbonyl (C=O) groups excluding carboxylic acids is 1. The largest absolute Gasteiger partial charge is 0.325 e. The number of amides is 1.